The summed E-state index contributed by atoms with van der Waals surface area (Å²) in [5.41, 5.74) is 0. The molecule has 2 unspecified atom stereocenters. The van der Waals surface area contributed by atoms with Crippen LogP contribution in [0, 0.1) is 0 Å². The molecular formula is C73H143NO5. The summed E-state index contributed by atoms with van der Waals surface area (Å²) in [6.45, 7) is 4.95. The number of nitrogens with one attached hydrogen (secondary N) is 1. The van der Waals surface area contributed by atoms with Crippen LogP contribution in [0.4, 0.5) is 0 Å². The Kier molecular flexibility index (Phi) is 67.9. The van der Waals surface area contributed by atoms with Crippen LogP contribution in [0.3, 0.4) is 0 Å². The highest BCUT2D eigenvalue weighted by molar-refractivity contribution is 5.76. The third-order valence-electron chi connectivity index (χ3n) is 17.3. The van der Waals surface area contributed by atoms with E-state index in [4.69, 9.17) is 4.74 Å². The number of hydrogen-bond donors (Lipinski definition) is 3. The Labute approximate surface area is 495 Å². The second-order valence-corrected chi connectivity index (χ2v) is 25.3. The molecule has 0 heterocycles. The first-order valence-corrected chi connectivity index (χ1v) is 36.5. The summed E-state index contributed by atoms with van der Waals surface area (Å²) in [5, 5.41) is 23.3. The summed E-state index contributed by atoms with van der Waals surface area (Å²) in [4.78, 5) is 24.6. The van der Waals surface area contributed by atoms with Crippen LogP contribution in [0.15, 0.2) is 12.2 Å². The average Bonchev–Trinajstić information content (AvgIpc) is 3.45. The predicted molar refractivity (Wildman–Crippen MR) is 347 cm³/mol. The maximum Gasteiger partial charge on any atom is 0.305 e. The highest BCUT2D eigenvalue weighted by atomic mass is 16.5. The summed E-state index contributed by atoms with van der Waals surface area (Å²) in [7, 11) is 0. The molecule has 3 N–H and O–H groups in total. The van der Waals surface area contributed by atoms with E-state index >= 15 is 0 Å². The zero-order valence-electron chi connectivity index (χ0n) is 53.9. The molecule has 0 bridgehead atoms. The lowest BCUT2D eigenvalue weighted by atomic mass is 10.0. The average molecular weight is 1110 g/mol. The van der Waals surface area contributed by atoms with E-state index in [0.717, 1.165) is 38.5 Å². The van der Waals surface area contributed by atoms with Crippen molar-refractivity contribution in [2.45, 2.75) is 431 Å². The van der Waals surface area contributed by atoms with Gasteiger partial charge in [0.1, 0.15) is 0 Å². The van der Waals surface area contributed by atoms with Crippen LogP contribution in [0.1, 0.15) is 418 Å². The van der Waals surface area contributed by atoms with Gasteiger partial charge >= 0.3 is 5.97 Å². The lowest BCUT2D eigenvalue weighted by Crippen LogP contribution is -2.45. The number of esters is 1. The quantitative estimate of drug-likeness (QED) is 0.0320. The smallest absolute Gasteiger partial charge is 0.305 e. The van der Waals surface area contributed by atoms with Gasteiger partial charge in [-0.15, -0.1) is 0 Å². The minimum Gasteiger partial charge on any atom is -0.466 e. The second-order valence-electron chi connectivity index (χ2n) is 25.3. The Morgan fingerprint density at radius 2 is 0.582 bits per heavy atom. The van der Waals surface area contributed by atoms with Crippen LogP contribution >= 0.6 is 0 Å². The molecule has 6 heteroatoms. The van der Waals surface area contributed by atoms with Gasteiger partial charge in [-0.25, -0.2) is 0 Å². The number of hydrogen-bond acceptors (Lipinski definition) is 5. The summed E-state index contributed by atoms with van der Waals surface area (Å²) in [5.74, 6) is -0.0415. The summed E-state index contributed by atoms with van der Waals surface area (Å²) >= 11 is 0. The molecule has 0 aliphatic heterocycles. The summed E-state index contributed by atoms with van der Waals surface area (Å²) in [6, 6.07) is -0.626. The summed E-state index contributed by atoms with van der Waals surface area (Å²) < 4.78 is 5.48. The number of aliphatic hydroxyl groups excluding tert-OH is 2. The van der Waals surface area contributed by atoms with E-state index in [1.807, 2.05) is 6.08 Å². The fourth-order valence-corrected chi connectivity index (χ4v) is 11.8. The number of carbonyl (C=O) groups excluding carboxylic acids is 2. The Hall–Kier alpha value is -1.40. The molecule has 0 spiro atoms. The van der Waals surface area contributed by atoms with Gasteiger partial charge in [-0.05, 0) is 32.1 Å². The fourth-order valence-electron chi connectivity index (χ4n) is 11.8. The van der Waals surface area contributed by atoms with Crippen LogP contribution in [-0.4, -0.2) is 47.4 Å². The largest absolute Gasteiger partial charge is 0.466 e. The van der Waals surface area contributed by atoms with E-state index in [2.05, 4.69) is 19.2 Å². The number of unbranched alkanes of at least 4 members (excludes halogenated alkanes) is 58. The predicted octanol–water partition coefficient (Wildman–Crippen LogP) is 23.5. The first-order chi connectivity index (χ1) is 39.0. The van der Waals surface area contributed by atoms with Crippen molar-refractivity contribution < 1.29 is 24.5 Å². The number of aliphatic hydroxyl groups is 2. The third-order valence-corrected chi connectivity index (χ3v) is 17.3. The molecule has 6 nitrogen and oxygen atoms in total. The zero-order chi connectivity index (χ0) is 57.1. The van der Waals surface area contributed by atoms with Crippen molar-refractivity contribution in [1.29, 1.82) is 0 Å². The van der Waals surface area contributed by atoms with Crippen molar-refractivity contribution in [1.82, 2.24) is 5.32 Å². The van der Waals surface area contributed by atoms with E-state index in [-0.39, 0.29) is 18.5 Å². The highest BCUT2D eigenvalue weighted by Crippen LogP contribution is 2.19. The Bertz CT molecular complexity index is 1190. The molecule has 0 fully saturated rings. The molecule has 0 rings (SSSR count). The molecular weight excluding hydrogens is 971 g/mol. The molecule has 0 aliphatic rings. The van der Waals surface area contributed by atoms with E-state index in [9.17, 15) is 19.8 Å². The SMILES string of the molecule is CCCCCCCCCCCCCCCCCCCCCCCC/C=C/C(O)C(CO)NC(=O)CCCCCCCCCCCCCCCCCCCCCCCCCCCCCOC(=O)CCCCCCCCCCCCC. The van der Waals surface area contributed by atoms with Crippen molar-refractivity contribution in [2.75, 3.05) is 13.2 Å². The molecule has 1 amide bonds. The van der Waals surface area contributed by atoms with E-state index in [0.29, 0.717) is 19.4 Å². The van der Waals surface area contributed by atoms with Crippen LogP contribution < -0.4 is 5.32 Å². The number of amides is 1. The lowest BCUT2D eigenvalue weighted by molar-refractivity contribution is -0.143. The van der Waals surface area contributed by atoms with Gasteiger partial charge in [0.25, 0.3) is 0 Å². The maximum absolute atomic E-state index is 12.5. The van der Waals surface area contributed by atoms with Crippen molar-refractivity contribution in [3.8, 4) is 0 Å². The van der Waals surface area contributed by atoms with Gasteiger partial charge in [0.2, 0.25) is 5.91 Å². The molecule has 0 aromatic heterocycles. The highest BCUT2D eigenvalue weighted by Gasteiger charge is 2.18. The Morgan fingerprint density at radius 3 is 0.861 bits per heavy atom. The van der Waals surface area contributed by atoms with Crippen LogP contribution in [0.25, 0.3) is 0 Å². The minimum absolute atomic E-state index is 0.0184. The molecule has 0 radical (unpaired) electrons. The number of ether oxygens (including phenoxy) is 1. The van der Waals surface area contributed by atoms with Crippen molar-refractivity contribution in [2.24, 2.45) is 0 Å². The standard InChI is InChI=1S/C73H143NO5/c1-3-5-7-9-11-13-15-16-17-18-19-20-21-27-30-33-36-39-42-46-49-53-57-61-65-71(76)70(69-75)74-72(77)66-62-58-54-50-47-43-40-37-34-31-28-25-23-22-24-26-29-32-35-38-41-44-48-52-56-60-64-68-79-73(78)67-63-59-55-51-45-14-12-10-8-6-4-2/h61,65,70-71,75-76H,3-60,62-64,66-69H2,1-2H3,(H,74,77)/b65-61+. The fraction of sp³-hybridized carbons (Fsp3) is 0.945. The lowest BCUT2D eigenvalue weighted by Gasteiger charge is -2.20. The van der Waals surface area contributed by atoms with E-state index in [1.54, 1.807) is 6.08 Å². The zero-order valence-corrected chi connectivity index (χ0v) is 53.9. The second kappa shape index (κ2) is 69.1. The van der Waals surface area contributed by atoms with Gasteiger partial charge in [-0.1, -0.05) is 386 Å². The topological polar surface area (TPSA) is 95.9 Å². The van der Waals surface area contributed by atoms with Crippen molar-refractivity contribution in [3.05, 3.63) is 12.2 Å². The third kappa shape index (κ3) is 65.6. The van der Waals surface area contributed by atoms with E-state index < -0.39 is 12.1 Å². The summed E-state index contributed by atoms with van der Waals surface area (Å²) in [6.07, 6.45) is 85.9. The molecule has 0 aromatic carbocycles. The molecule has 0 saturated heterocycles. The first kappa shape index (κ1) is 77.6. The Morgan fingerprint density at radius 1 is 0.342 bits per heavy atom. The van der Waals surface area contributed by atoms with Gasteiger partial charge < -0.3 is 20.3 Å². The monoisotopic (exact) mass is 1110 g/mol. The molecule has 0 aliphatic carbocycles. The first-order valence-electron chi connectivity index (χ1n) is 36.5. The molecule has 79 heavy (non-hydrogen) atoms. The molecule has 470 valence electrons. The van der Waals surface area contributed by atoms with Gasteiger partial charge in [0, 0.05) is 12.8 Å². The van der Waals surface area contributed by atoms with Crippen LogP contribution in [-0.2, 0) is 14.3 Å². The van der Waals surface area contributed by atoms with Gasteiger partial charge in [0.05, 0.1) is 25.4 Å². The van der Waals surface area contributed by atoms with Crippen molar-refractivity contribution in [3.63, 3.8) is 0 Å². The Balaban J connectivity index is 3.38. The van der Waals surface area contributed by atoms with Gasteiger partial charge in [-0.3, -0.25) is 9.59 Å². The molecule has 2 atom stereocenters. The van der Waals surface area contributed by atoms with Crippen LogP contribution in [0.2, 0.25) is 0 Å². The van der Waals surface area contributed by atoms with Crippen molar-refractivity contribution >= 4 is 11.9 Å². The van der Waals surface area contributed by atoms with Crippen LogP contribution in [0.5, 0.6) is 0 Å². The van der Waals surface area contributed by atoms with Gasteiger partial charge in [0.15, 0.2) is 0 Å². The number of carbonyl (C=O) groups is 2. The maximum atomic E-state index is 12.5. The number of rotatable bonds is 69. The minimum atomic E-state index is -0.843. The molecule has 0 saturated carbocycles. The van der Waals surface area contributed by atoms with E-state index in [1.165, 1.54) is 353 Å². The number of allylic oxidation sites excluding steroid dienone is 1. The molecule has 0 aromatic rings. The van der Waals surface area contributed by atoms with Gasteiger partial charge in [-0.2, -0.15) is 0 Å². The normalized spacial score (nSPS) is 12.5.